The summed E-state index contributed by atoms with van der Waals surface area (Å²) in [5.41, 5.74) is 8.11. The van der Waals surface area contributed by atoms with Gasteiger partial charge in [-0.25, -0.2) is 9.98 Å². The first kappa shape index (κ1) is 18.3. The number of anilines is 1. The molecule has 0 aliphatic carbocycles. The third-order valence-corrected chi connectivity index (χ3v) is 4.73. The molecule has 0 aliphatic rings. The van der Waals surface area contributed by atoms with Crippen LogP contribution >= 0.6 is 11.3 Å². The Hall–Kier alpha value is -3.46. The second-order valence-corrected chi connectivity index (χ2v) is 6.67. The second kappa shape index (κ2) is 7.83. The topological polar surface area (TPSA) is 129 Å². The van der Waals surface area contributed by atoms with Crippen molar-refractivity contribution < 1.29 is 9.90 Å². The van der Waals surface area contributed by atoms with E-state index in [1.54, 1.807) is 31.3 Å². The van der Waals surface area contributed by atoms with Crippen LogP contribution in [0.2, 0.25) is 0 Å². The van der Waals surface area contributed by atoms with Crippen molar-refractivity contribution in [2.24, 2.45) is 15.7 Å². The number of hydrogen-bond donors (Lipinski definition) is 4. The summed E-state index contributed by atoms with van der Waals surface area (Å²) in [6.07, 6.45) is 4.34. The fourth-order valence-electron chi connectivity index (χ4n) is 2.41. The summed E-state index contributed by atoms with van der Waals surface area (Å²) in [6.45, 7) is 3.60. The zero-order valence-corrected chi connectivity index (χ0v) is 15.5. The van der Waals surface area contributed by atoms with E-state index in [4.69, 9.17) is 5.73 Å². The molecular weight excluding hydrogens is 364 g/mol. The molecule has 0 atom stereocenters. The number of aliphatic imine (C=N–C) groups is 2. The van der Waals surface area contributed by atoms with Gasteiger partial charge in [0.15, 0.2) is 5.84 Å². The molecule has 0 aliphatic heterocycles. The van der Waals surface area contributed by atoms with Crippen LogP contribution in [0.25, 0.3) is 0 Å². The number of aryl methyl sites for hydroxylation is 1. The predicted molar refractivity (Wildman–Crippen MR) is 107 cm³/mol. The summed E-state index contributed by atoms with van der Waals surface area (Å²) in [5, 5.41) is 13.0. The van der Waals surface area contributed by atoms with Crippen molar-refractivity contribution in [3.8, 4) is 5.75 Å². The average Bonchev–Trinajstić information content (AvgIpc) is 3.33. The molecule has 8 nitrogen and oxygen atoms in total. The molecule has 0 bridgehead atoms. The summed E-state index contributed by atoms with van der Waals surface area (Å²) < 4.78 is 0. The number of carbonyl (C=O) groups is 1. The first-order valence-corrected chi connectivity index (χ1v) is 8.84. The van der Waals surface area contributed by atoms with Crippen molar-refractivity contribution in [2.75, 3.05) is 5.32 Å². The predicted octanol–water partition coefficient (Wildman–Crippen LogP) is 3.11. The molecule has 2 aromatic heterocycles. The Morgan fingerprint density at radius 3 is 2.89 bits per heavy atom. The minimum Gasteiger partial charge on any atom is -0.508 e. The number of amides is 1. The van der Waals surface area contributed by atoms with Gasteiger partial charge in [0.2, 0.25) is 5.13 Å². The summed E-state index contributed by atoms with van der Waals surface area (Å²) in [6, 6.07) is 6.96. The minimum absolute atomic E-state index is 0.126. The van der Waals surface area contributed by atoms with Crippen LogP contribution in [-0.4, -0.2) is 33.2 Å². The molecule has 1 aromatic carbocycles. The molecule has 0 unspecified atom stereocenters. The largest absolute Gasteiger partial charge is 0.508 e. The fraction of sp³-hybridized carbons (Fsp3) is 0.111. The number of thiazole rings is 1. The monoisotopic (exact) mass is 382 g/mol. The van der Waals surface area contributed by atoms with E-state index in [0.29, 0.717) is 32.8 Å². The number of nitrogens with two attached hydrogens (primary N) is 1. The van der Waals surface area contributed by atoms with Crippen molar-refractivity contribution in [1.82, 2.24) is 9.97 Å². The van der Waals surface area contributed by atoms with E-state index < -0.39 is 0 Å². The zero-order chi connectivity index (χ0) is 19.4. The molecule has 1 amide bonds. The van der Waals surface area contributed by atoms with Gasteiger partial charge in [-0.15, -0.1) is 0 Å². The van der Waals surface area contributed by atoms with Crippen LogP contribution in [0.15, 0.2) is 46.6 Å². The number of aromatic nitrogens is 2. The van der Waals surface area contributed by atoms with Gasteiger partial charge < -0.3 is 21.1 Å². The maximum Gasteiger partial charge on any atom is 0.267 e. The highest BCUT2D eigenvalue weighted by atomic mass is 32.1. The van der Waals surface area contributed by atoms with E-state index in [-0.39, 0.29) is 11.7 Å². The lowest BCUT2D eigenvalue weighted by Crippen LogP contribution is -2.12. The maximum atomic E-state index is 12.6. The van der Waals surface area contributed by atoms with Crippen molar-refractivity contribution in [3.05, 3.63) is 58.4 Å². The van der Waals surface area contributed by atoms with Gasteiger partial charge in [-0.1, -0.05) is 17.4 Å². The van der Waals surface area contributed by atoms with Crippen molar-refractivity contribution in [2.45, 2.75) is 13.8 Å². The summed E-state index contributed by atoms with van der Waals surface area (Å²) >= 11 is 1.13. The lowest BCUT2D eigenvalue weighted by atomic mass is 10.1. The number of H-pyrrole nitrogens is 1. The Kier molecular flexibility index (Phi) is 5.32. The first-order chi connectivity index (χ1) is 13.0. The smallest absolute Gasteiger partial charge is 0.267 e. The highest BCUT2D eigenvalue weighted by Crippen LogP contribution is 2.29. The molecule has 5 N–H and O–H groups in total. The molecule has 0 spiro atoms. The zero-order valence-electron chi connectivity index (χ0n) is 14.7. The van der Waals surface area contributed by atoms with Gasteiger partial charge in [0.05, 0.1) is 23.9 Å². The molecule has 0 saturated heterocycles. The number of benzene rings is 1. The van der Waals surface area contributed by atoms with E-state index in [1.165, 1.54) is 6.20 Å². The van der Waals surface area contributed by atoms with Gasteiger partial charge in [0.1, 0.15) is 10.6 Å². The number of hydrogen-bond acceptors (Lipinski definition) is 5. The van der Waals surface area contributed by atoms with Crippen molar-refractivity contribution >= 4 is 40.2 Å². The molecule has 9 heteroatoms. The Balaban J connectivity index is 1.84. The molecular formula is C18H18N6O2S. The van der Waals surface area contributed by atoms with Gasteiger partial charge in [-0.05, 0) is 37.6 Å². The second-order valence-electron chi connectivity index (χ2n) is 5.66. The van der Waals surface area contributed by atoms with E-state index in [1.807, 2.05) is 13.0 Å². The number of rotatable bonds is 4. The lowest BCUT2D eigenvalue weighted by Gasteiger charge is -2.11. The highest BCUT2D eigenvalue weighted by molar-refractivity contribution is 7.17. The molecule has 0 saturated carbocycles. The standard InChI is InChI=1S/C18H18N6O2S/c1-10-5-6-13(25)11(2)15(10)23-17(26)14-8-21-18(27-14)24-16(22-9-19)12-4-3-7-20-12/h3-9,20,25H,1-2H3,(H,23,26)(H2,19,21,22,24). The molecule has 0 radical (unpaired) electrons. The van der Waals surface area contributed by atoms with Crippen LogP contribution in [0.5, 0.6) is 5.75 Å². The Bertz CT molecular complexity index is 1020. The van der Waals surface area contributed by atoms with Gasteiger partial charge in [0, 0.05) is 11.8 Å². The van der Waals surface area contributed by atoms with Gasteiger partial charge >= 0.3 is 0 Å². The summed E-state index contributed by atoms with van der Waals surface area (Å²) in [4.78, 5) is 28.5. The number of aromatic hydroxyl groups is 1. The SMILES string of the molecule is Cc1ccc(O)c(C)c1NC(=O)c1cnc(/N=C(\N=CN)c2ccc[nH]2)s1. The molecule has 3 rings (SSSR count). The van der Waals surface area contributed by atoms with Crippen LogP contribution in [0, 0.1) is 13.8 Å². The maximum absolute atomic E-state index is 12.6. The number of aromatic amines is 1. The van der Waals surface area contributed by atoms with Crippen LogP contribution in [0.3, 0.4) is 0 Å². The van der Waals surface area contributed by atoms with Crippen molar-refractivity contribution in [3.63, 3.8) is 0 Å². The van der Waals surface area contributed by atoms with Gasteiger partial charge in [-0.3, -0.25) is 4.79 Å². The number of phenolic OH excluding ortho intramolecular Hbond substituents is 1. The van der Waals surface area contributed by atoms with Crippen molar-refractivity contribution in [1.29, 1.82) is 0 Å². The van der Waals surface area contributed by atoms with E-state index in [0.717, 1.165) is 23.2 Å². The molecule has 0 fully saturated rings. The number of nitrogens with one attached hydrogen (secondary N) is 2. The fourth-order valence-corrected chi connectivity index (χ4v) is 3.10. The molecule has 2 heterocycles. The Morgan fingerprint density at radius 1 is 1.37 bits per heavy atom. The van der Waals surface area contributed by atoms with Crippen LogP contribution in [-0.2, 0) is 0 Å². The quantitative estimate of drug-likeness (QED) is 0.408. The average molecular weight is 382 g/mol. The van der Waals surface area contributed by atoms with E-state index in [9.17, 15) is 9.90 Å². The Labute approximate surface area is 159 Å². The summed E-state index contributed by atoms with van der Waals surface area (Å²) in [7, 11) is 0. The minimum atomic E-state index is -0.325. The Morgan fingerprint density at radius 2 is 2.19 bits per heavy atom. The number of phenols is 1. The molecule has 138 valence electrons. The third kappa shape index (κ3) is 4.04. The number of amidine groups is 1. The van der Waals surface area contributed by atoms with E-state index >= 15 is 0 Å². The van der Waals surface area contributed by atoms with Crippen LogP contribution in [0.4, 0.5) is 10.8 Å². The van der Waals surface area contributed by atoms with Gasteiger partial charge in [-0.2, -0.15) is 4.99 Å². The molecule has 27 heavy (non-hydrogen) atoms. The summed E-state index contributed by atoms with van der Waals surface area (Å²) in [5.74, 6) is 0.165. The lowest BCUT2D eigenvalue weighted by molar-refractivity contribution is 0.103. The highest BCUT2D eigenvalue weighted by Gasteiger charge is 2.15. The van der Waals surface area contributed by atoms with E-state index in [2.05, 4.69) is 25.3 Å². The molecule has 3 aromatic rings. The van der Waals surface area contributed by atoms with Crippen LogP contribution < -0.4 is 11.1 Å². The van der Waals surface area contributed by atoms with Crippen LogP contribution in [0.1, 0.15) is 26.5 Å². The third-order valence-electron chi connectivity index (χ3n) is 3.84. The van der Waals surface area contributed by atoms with Gasteiger partial charge in [0.25, 0.3) is 5.91 Å². The first-order valence-electron chi connectivity index (χ1n) is 8.02. The normalized spacial score (nSPS) is 11.9. The number of carbonyl (C=O) groups excluding carboxylic acids is 1. The number of nitrogens with zero attached hydrogens (tertiary/aromatic N) is 3.